The Morgan fingerprint density at radius 2 is 2.22 bits per heavy atom. The Balaban J connectivity index is 2.62. The van der Waals surface area contributed by atoms with Crippen LogP contribution in [-0.2, 0) is 14.3 Å². The van der Waals surface area contributed by atoms with Crippen molar-refractivity contribution in [3.8, 4) is 0 Å². The summed E-state index contributed by atoms with van der Waals surface area (Å²) in [5.41, 5.74) is 0. The highest BCUT2D eigenvalue weighted by molar-refractivity contribution is 6.03. The number of aliphatic hydroxyl groups excluding tert-OH is 1. The van der Waals surface area contributed by atoms with Gasteiger partial charge >= 0.3 is 5.97 Å². The van der Waals surface area contributed by atoms with Crippen molar-refractivity contribution in [2.75, 3.05) is 6.61 Å². The third kappa shape index (κ3) is 1.08. The van der Waals surface area contributed by atoms with Crippen molar-refractivity contribution < 1.29 is 19.4 Å². The molecular formula is C5H6O4. The molecule has 1 N–H and O–H groups in total. The molecule has 1 aliphatic heterocycles. The molecule has 1 saturated heterocycles. The molecule has 1 aliphatic rings. The molecule has 0 unspecified atom stereocenters. The molecule has 0 aromatic rings. The molecule has 0 aliphatic carbocycles. The first kappa shape index (κ1) is 6.22. The van der Waals surface area contributed by atoms with Crippen LogP contribution >= 0.6 is 0 Å². The molecule has 4 nitrogen and oxygen atoms in total. The minimum atomic E-state index is -1.53. The van der Waals surface area contributed by atoms with Gasteiger partial charge in [-0.25, -0.2) is 4.79 Å². The van der Waals surface area contributed by atoms with Gasteiger partial charge in [0.15, 0.2) is 5.78 Å². The molecule has 0 bridgehead atoms. The van der Waals surface area contributed by atoms with E-state index in [4.69, 9.17) is 5.11 Å². The van der Waals surface area contributed by atoms with Gasteiger partial charge in [-0.3, -0.25) is 4.79 Å². The molecule has 1 rings (SSSR count). The molecule has 0 aromatic carbocycles. The van der Waals surface area contributed by atoms with Crippen LogP contribution in [0.25, 0.3) is 0 Å². The van der Waals surface area contributed by atoms with Crippen molar-refractivity contribution in [1.29, 1.82) is 0 Å². The molecule has 9 heavy (non-hydrogen) atoms. The van der Waals surface area contributed by atoms with Crippen molar-refractivity contribution in [3.05, 3.63) is 0 Å². The Kier molecular flexibility index (Phi) is 1.48. The molecule has 0 aromatic heterocycles. The SMILES string of the molecule is O=C1CCOC(=O)[C@@H]1O. The zero-order valence-corrected chi connectivity index (χ0v) is 4.66. The monoisotopic (exact) mass is 130 g/mol. The second-order valence-electron chi connectivity index (χ2n) is 1.79. The summed E-state index contributed by atoms with van der Waals surface area (Å²) >= 11 is 0. The van der Waals surface area contributed by atoms with Gasteiger partial charge in [-0.2, -0.15) is 0 Å². The fourth-order valence-electron chi connectivity index (χ4n) is 0.599. The summed E-state index contributed by atoms with van der Waals surface area (Å²) in [6.45, 7) is 0.106. The fraction of sp³-hybridized carbons (Fsp3) is 0.600. The van der Waals surface area contributed by atoms with Crippen LogP contribution < -0.4 is 0 Å². The summed E-state index contributed by atoms with van der Waals surface area (Å²) in [5.74, 6) is -1.28. The van der Waals surface area contributed by atoms with Crippen LogP contribution in [-0.4, -0.2) is 29.6 Å². The first-order valence-corrected chi connectivity index (χ1v) is 2.59. The number of ketones is 1. The van der Waals surface area contributed by atoms with E-state index < -0.39 is 17.9 Å². The maximum Gasteiger partial charge on any atom is 0.342 e. The van der Waals surface area contributed by atoms with E-state index in [0.717, 1.165) is 0 Å². The van der Waals surface area contributed by atoms with Gasteiger partial charge in [0.25, 0.3) is 0 Å². The maximum absolute atomic E-state index is 10.5. The predicted molar refractivity (Wildman–Crippen MR) is 26.6 cm³/mol. The molecule has 1 heterocycles. The molecule has 0 saturated carbocycles. The Hall–Kier alpha value is -0.900. The van der Waals surface area contributed by atoms with Crippen LogP contribution in [0, 0.1) is 0 Å². The second kappa shape index (κ2) is 2.14. The summed E-state index contributed by atoms with van der Waals surface area (Å²) in [5, 5.41) is 8.62. The number of ether oxygens (including phenoxy) is 1. The number of hydrogen-bond acceptors (Lipinski definition) is 4. The summed E-state index contributed by atoms with van der Waals surface area (Å²) < 4.78 is 4.35. The van der Waals surface area contributed by atoms with Crippen molar-refractivity contribution >= 4 is 11.8 Å². The highest BCUT2D eigenvalue weighted by atomic mass is 16.5. The van der Waals surface area contributed by atoms with Crippen LogP contribution in [0.4, 0.5) is 0 Å². The van der Waals surface area contributed by atoms with Crippen LogP contribution in [0.15, 0.2) is 0 Å². The van der Waals surface area contributed by atoms with Gasteiger partial charge in [-0.15, -0.1) is 0 Å². The molecular weight excluding hydrogens is 124 g/mol. The van der Waals surface area contributed by atoms with E-state index in [2.05, 4.69) is 4.74 Å². The quantitative estimate of drug-likeness (QED) is 0.332. The van der Waals surface area contributed by atoms with Crippen LogP contribution in [0.2, 0.25) is 0 Å². The van der Waals surface area contributed by atoms with E-state index in [9.17, 15) is 9.59 Å². The number of Topliss-reactive ketones (excluding diaryl/α,β-unsaturated/α-hetero) is 1. The predicted octanol–water partition coefficient (Wildman–Crippen LogP) is -1.14. The van der Waals surface area contributed by atoms with Gasteiger partial charge in [0.1, 0.15) is 0 Å². The molecule has 1 fully saturated rings. The van der Waals surface area contributed by atoms with E-state index in [1.54, 1.807) is 0 Å². The molecule has 0 amide bonds. The van der Waals surface area contributed by atoms with E-state index in [1.165, 1.54) is 0 Å². The average molecular weight is 130 g/mol. The molecule has 0 radical (unpaired) electrons. The van der Waals surface area contributed by atoms with Gasteiger partial charge in [-0.1, -0.05) is 0 Å². The van der Waals surface area contributed by atoms with E-state index in [0.29, 0.717) is 0 Å². The summed E-state index contributed by atoms with van der Waals surface area (Å²) in [4.78, 5) is 20.8. The van der Waals surface area contributed by atoms with Gasteiger partial charge < -0.3 is 9.84 Å². The van der Waals surface area contributed by atoms with E-state index in [-0.39, 0.29) is 13.0 Å². The summed E-state index contributed by atoms with van der Waals surface area (Å²) in [7, 11) is 0. The summed E-state index contributed by atoms with van der Waals surface area (Å²) in [6.07, 6.45) is -1.40. The Morgan fingerprint density at radius 3 is 2.67 bits per heavy atom. The minimum absolute atomic E-state index is 0.106. The lowest BCUT2D eigenvalue weighted by atomic mass is 10.1. The van der Waals surface area contributed by atoms with Crippen molar-refractivity contribution in [1.82, 2.24) is 0 Å². The molecule has 4 heteroatoms. The lowest BCUT2D eigenvalue weighted by Crippen LogP contribution is -2.37. The number of carbonyl (C=O) groups excluding carboxylic acids is 2. The smallest absolute Gasteiger partial charge is 0.342 e. The number of esters is 1. The Bertz CT molecular complexity index is 135. The zero-order chi connectivity index (χ0) is 6.85. The standard InChI is InChI=1S/C5H6O4/c6-3-1-2-9-5(8)4(3)7/h4,7H,1-2H2/t4-/m1/s1. The minimum Gasteiger partial charge on any atom is -0.463 e. The second-order valence-corrected chi connectivity index (χ2v) is 1.79. The van der Waals surface area contributed by atoms with Crippen LogP contribution in [0.5, 0.6) is 0 Å². The van der Waals surface area contributed by atoms with Crippen LogP contribution in [0.1, 0.15) is 6.42 Å². The number of carbonyl (C=O) groups is 2. The van der Waals surface area contributed by atoms with Gasteiger partial charge in [0, 0.05) is 6.42 Å². The fourth-order valence-corrected chi connectivity index (χ4v) is 0.599. The van der Waals surface area contributed by atoms with Gasteiger partial charge in [0.2, 0.25) is 6.10 Å². The normalized spacial score (nSPS) is 27.9. The van der Waals surface area contributed by atoms with Gasteiger partial charge in [0.05, 0.1) is 6.61 Å². The largest absolute Gasteiger partial charge is 0.463 e. The lowest BCUT2D eigenvalue weighted by Gasteiger charge is -2.14. The third-order valence-electron chi connectivity index (χ3n) is 1.12. The number of hydrogen-bond donors (Lipinski definition) is 1. The number of rotatable bonds is 0. The maximum atomic E-state index is 10.5. The number of cyclic esters (lactones) is 1. The highest BCUT2D eigenvalue weighted by Crippen LogP contribution is 2.02. The molecule has 0 spiro atoms. The van der Waals surface area contributed by atoms with Crippen LogP contribution in [0.3, 0.4) is 0 Å². The van der Waals surface area contributed by atoms with Gasteiger partial charge in [-0.05, 0) is 0 Å². The number of aliphatic hydroxyl groups is 1. The Morgan fingerprint density at radius 1 is 1.56 bits per heavy atom. The van der Waals surface area contributed by atoms with Crippen molar-refractivity contribution in [3.63, 3.8) is 0 Å². The third-order valence-corrected chi connectivity index (χ3v) is 1.12. The highest BCUT2D eigenvalue weighted by Gasteiger charge is 2.29. The summed E-state index contributed by atoms with van der Waals surface area (Å²) in [6, 6.07) is 0. The first-order valence-electron chi connectivity index (χ1n) is 2.59. The zero-order valence-electron chi connectivity index (χ0n) is 4.66. The average Bonchev–Trinajstić information content (AvgIpc) is 1.83. The first-order chi connectivity index (χ1) is 4.22. The molecule has 1 atom stereocenters. The topological polar surface area (TPSA) is 63.6 Å². The van der Waals surface area contributed by atoms with E-state index in [1.807, 2.05) is 0 Å². The molecule has 50 valence electrons. The lowest BCUT2D eigenvalue weighted by molar-refractivity contribution is -0.163. The van der Waals surface area contributed by atoms with E-state index >= 15 is 0 Å². The van der Waals surface area contributed by atoms with Crippen molar-refractivity contribution in [2.24, 2.45) is 0 Å². The Labute approximate surface area is 51.4 Å². The van der Waals surface area contributed by atoms with Crippen molar-refractivity contribution in [2.45, 2.75) is 12.5 Å².